The van der Waals surface area contributed by atoms with Crippen LogP contribution in [0.1, 0.15) is 21.5 Å². The minimum Gasteiger partial charge on any atom is -0.326 e. The van der Waals surface area contributed by atoms with E-state index in [0.717, 1.165) is 20.4 Å². The maximum absolute atomic E-state index is 12.9. The SMILES string of the molecule is Cn1[nH]c(=O)n(Cc2ccc(C(=O)Nc3ccc(CN)c(Nc4nccc(-c5cccnc5)n4)c3)cc2)c1=O. The number of rotatable bonds is 8. The molecule has 0 saturated heterocycles. The van der Waals surface area contributed by atoms with Gasteiger partial charge in [0.2, 0.25) is 5.95 Å². The standard InChI is InChI=1S/C27H25N9O3/c1-35-27(39)36(26(38)34-35)16-17-4-6-18(7-5-17)24(37)31-21-9-8-19(14-28)23(13-21)33-25-30-12-10-22(32-25)20-3-2-11-29-15-20/h2-13,15H,14,16,28H2,1H3,(H,31,37)(H,34,38)(H,30,32,33). The summed E-state index contributed by atoms with van der Waals surface area (Å²) in [7, 11) is 1.47. The molecule has 0 spiro atoms. The number of benzene rings is 2. The Bertz CT molecular complexity index is 1740. The first-order chi connectivity index (χ1) is 18.9. The number of aromatic amines is 1. The summed E-state index contributed by atoms with van der Waals surface area (Å²) in [5.41, 5.74) is 9.72. The smallest absolute Gasteiger partial charge is 0.326 e. The van der Waals surface area contributed by atoms with Gasteiger partial charge in [-0.25, -0.2) is 33.9 Å². The van der Waals surface area contributed by atoms with Crippen LogP contribution in [0.15, 0.2) is 88.8 Å². The Morgan fingerprint density at radius 1 is 1.05 bits per heavy atom. The van der Waals surface area contributed by atoms with E-state index in [9.17, 15) is 14.4 Å². The molecule has 5 N–H and O–H groups in total. The third-order valence-electron chi connectivity index (χ3n) is 6.03. The number of nitrogens with zero attached hydrogens (tertiary/aromatic N) is 5. The molecule has 3 aromatic heterocycles. The van der Waals surface area contributed by atoms with Crippen LogP contribution in [0.5, 0.6) is 0 Å². The van der Waals surface area contributed by atoms with Gasteiger partial charge in [0.1, 0.15) is 0 Å². The van der Waals surface area contributed by atoms with Crippen LogP contribution in [0.2, 0.25) is 0 Å². The lowest BCUT2D eigenvalue weighted by Crippen LogP contribution is -2.28. The van der Waals surface area contributed by atoms with Gasteiger partial charge in [-0.05, 0) is 53.6 Å². The summed E-state index contributed by atoms with van der Waals surface area (Å²) in [6.45, 7) is 0.365. The predicted molar refractivity (Wildman–Crippen MR) is 147 cm³/mol. The number of nitrogens with two attached hydrogens (primary N) is 1. The van der Waals surface area contributed by atoms with Crippen LogP contribution >= 0.6 is 0 Å². The first kappa shape index (κ1) is 25.3. The quantitative estimate of drug-likeness (QED) is 0.240. The zero-order valence-corrected chi connectivity index (χ0v) is 21.0. The molecule has 196 valence electrons. The number of H-pyrrole nitrogens is 1. The van der Waals surface area contributed by atoms with Crippen LogP contribution < -0.4 is 27.7 Å². The van der Waals surface area contributed by atoms with E-state index in [-0.39, 0.29) is 19.0 Å². The zero-order chi connectivity index (χ0) is 27.4. The molecule has 0 atom stereocenters. The maximum Gasteiger partial charge on any atom is 0.346 e. The van der Waals surface area contributed by atoms with E-state index >= 15 is 0 Å². The average Bonchev–Trinajstić information content (AvgIpc) is 3.20. The van der Waals surface area contributed by atoms with Crippen molar-refractivity contribution in [2.45, 2.75) is 13.1 Å². The Hall–Kier alpha value is -5.36. The number of aromatic nitrogens is 6. The van der Waals surface area contributed by atoms with Gasteiger partial charge in [0.15, 0.2) is 0 Å². The molecule has 1 amide bonds. The van der Waals surface area contributed by atoms with Crippen molar-refractivity contribution >= 4 is 23.2 Å². The molecule has 0 aliphatic rings. The summed E-state index contributed by atoms with van der Waals surface area (Å²) in [4.78, 5) is 49.9. The largest absolute Gasteiger partial charge is 0.346 e. The lowest BCUT2D eigenvalue weighted by molar-refractivity contribution is 0.102. The van der Waals surface area contributed by atoms with E-state index in [1.807, 2.05) is 18.2 Å². The Morgan fingerprint density at radius 2 is 1.87 bits per heavy atom. The summed E-state index contributed by atoms with van der Waals surface area (Å²) in [6.07, 6.45) is 5.07. The molecule has 12 heteroatoms. The number of carbonyl (C=O) groups excluding carboxylic acids is 1. The number of aryl methyl sites for hydroxylation is 1. The van der Waals surface area contributed by atoms with Crippen molar-refractivity contribution in [1.29, 1.82) is 0 Å². The van der Waals surface area contributed by atoms with Gasteiger partial charge in [0, 0.05) is 54.7 Å². The van der Waals surface area contributed by atoms with Crippen LogP contribution in [0.25, 0.3) is 11.3 Å². The molecule has 0 aliphatic heterocycles. The van der Waals surface area contributed by atoms with Crippen molar-refractivity contribution in [2.75, 3.05) is 10.6 Å². The second kappa shape index (κ2) is 10.9. The lowest BCUT2D eigenvalue weighted by atomic mass is 10.1. The Balaban J connectivity index is 1.31. The highest BCUT2D eigenvalue weighted by atomic mass is 16.2. The Kier molecular flexibility index (Phi) is 7.10. The van der Waals surface area contributed by atoms with Gasteiger partial charge < -0.3 is 16.4 Å². The highest BCUT2D eigenvalue weighted by molar-refractivity contribution is 6.04. The molecular weight excluding hydrogens is 498 g/mol. The van der Waals surface area contributed by atoms with E-state index < -0.39 is 11.4 Å². The van der Waals surface area contributed by atoms with E-state index in [2.05, 4.69) is 30.7 Å². The van der Waals surface area contributed by atoms with Crippen LogP contribution in [0.4, 0.5) is 17.3 Å². The monoisotopic (exact) mass is 523 g/mol. The molecule has 0 radical (unpaired) electrons. The lowest BCUT2D eigenvalue weighted by Gasteiger charge is -2.13. The summed E-state index contributed by atoms with van der Waals surface area (Å²) >= 11 is 0. The average molecular weight is 524 g/mol. The minimum atomic E-state index is -0.496. The molecule has 39 heavy (non-hydrogen) atoms. The van der Waals surface area contributed by atoms with Gasteiger partial charge in [0.25, 0.3) is 5.91 Å². The fraction of sp³-hybridized carbons (Fsp3) is 0.111. The molecule has 5 rings (SSSR count). The number of carbonyl (C=O) groups is 1. The normalized spacial score (nSPS) is 10.8. The van der Waals surface area contributed by atoms with Gasteiger partial charge in [-0.15, -0.1) is 0 Å². The third kappa shape index (κ3) is 5.65. The van der Waals surface area contributed by atoms with Gasteiger partial charge in [-0.2, -0.15) is 0 Å². The molecule has 0 bridgehead atoms. The number of nitrogens with one attached hydrogen (secondary N) is 3. The number of pyridine rings is 1. The fourth-order valence-corrected chi connectivity index (χ4v) is 3.97. The van der Waals surface area contributed by atoms with Crippen molar-refractivity contribution in [3.63, 3.8) is 0 Å². The van der Waals surface area contributed by atoms with Crippen LogP contribution in [-0.4, -0.2) is 35.2 Å². The first-order valence-corrected chi connectivity index (χ1v) is 12.0. The predicted octanol–water partition coefficient (Wildman–Crippen LogP) is 2.23. The third-order valence-corrected chi connectivity index (χ3v) is 6.03. The molecule has 0 saturated carbocycles. The number of hydrogen-bond acceptors (Lipinski definition) is 8. The fourth-order valence-electron chi connectivity index (χ4n) is 3.97. The second-order valence-electron chi connectivity index (χ2n) is 8.70. The van der Waals surface area contributed by atoms with E-state index in [1.165, 1.54) is 7.05 Å². The summed E-state index contributed by atoms with van der Waals surface area (Å²) in [5.74, 6) is 0.0547. The first-order valence-electron chi connectivity index (χ1n) is 12.0. The molecule has 12 nitrogen and oxygen atoms in total. The van der Waals surface area contributed by atoms with E-state index in [0.29, 0.717) is 34.1 Å². The van der Waals surface area contributed by atoms with Crippen molar-refractivity contribution in [3.8, 4) is 11.3 Å². The van der Waals surface area contributed by atoms with Gasteiger partial charge >= 0.3 is 11.4 Å². The number of anilines is 3. The van der Waals surface area contributed by atoms with E-state index in [4.69, 9.17) is 5.73 Å². The van der Waals surface area contributed by atoms with Gasteiger partial charge in [0.05, 0.1) is 12.2 Å². The molecule has 3 heterocycles. The summed E-state index contributed by atoms with van der Waals surface area (Å²) < 4.78 is 2.20. The topological polar surface area (TPSA) is 166 Å². The van der Waals surface area contributed by atoms with Crippen molar-refractivity contribution in [1.82, 2.24) is 29.3 Å². The number of hydrogen-bond donors (Lipinski definition) is 4. The summed E-state index contributed by atoms with van der Waals surface area (Å²) in [5, 5.41) is 8.49. The highest BCUT2D eigenvalue weighted by Crippen LogP contribution is 2.25. The van der Waals surface area contributed by atoms with Crippen LogP contribution in [0, 0.1) is 0 Å². The summed E-state index contributed by atoms with van der Waals surface area (Å²) in [6, 6.07) is 17.6. The van der Waals surface area contributed by atoms with Gasteiger partial charge in [-0.3, -0.25) is 9.78 Å². The van der Waals surface area contributed by atoms with Crippen molar-refractivity contribution in [2.24, 2.45) is 12.8 Å². The molecular formula is C27H25N9O3. The van der Waals surface area contributed by atoms with Crippen LogP contribution in [0.3, 0.4) is 0 Å². The minimum absolute atomic E-state index is 0.0938. The second-order valence-corrected chi connectivity index (χ2v) is 8.70. The van der Waals surface area contributed by atoms with E-state index in [1.54, 1.807) is 61.1 Å². The maximum atomic E-state index is 12.9. The zero-order valence-electron chi connectivity index (χ0n) is 21.0. The Morgan fingerprint density at radius 3 is 2.56 bits per heavy atom. The molecule has 5 aromatic rings. The number of amides is 1. The Labute approximate surface area is 222 Å². The van der Waals surface area contributed by atoms with Crippen molar-refractivity contribution < 1.29 is 4.79 Å². The molecule has 2 aromatic carbocycles. The molecule has 0 fully saturated rings. The molecule has 0 unspecified atom stereocenters. The van der Waals surface area contributed by atoms with Crippen LogP contribution in [-0.2, 0) is 20.1 Å². The van der Waals surface area contributed by atoms with Crippen molar-refractivity contribution in [3.05, 3.63) is 117 Å². The van der Waals surface area contributed by atoms with Gasteiger partial charge in [-0.1, -0.05) is 18.2 Å². The molecule has 0 aliphatic carbocycles. The highest BCUT2D eigenvalue weighted by Gasteiger charge is 2.12.